The van der Waals surface area contributed by atoms with Crippen LogP contribution in [0.5, 0.6) is 0 Å². The van der Waals surface area contributed by atoms with Crippen molar-refractivity contribution in [3.8, 4) is 17.2 Å². The highest BCUT2D eigenvalue weighted by Gasteiger charge is 2.25. The Hall–Kier alpha value is -7.04. The van der Waals surface area contributed by atoms with Gasteiger partial charge in [-0.15, -0.1) is 0 Å². The molecule has 0 aliphatic carbocycles. The third-order valence-electron chi connectivity index (χ3n) is 11.0. The lowest BCUT2D eigenvalue weighted by molar-refractivity contribution is 0.669. The molecule has 0 bridgehead atoms. The van der Waals surface area contributed by atoms with Crippen molar-refractivity contribution in [3.63, 3.8) is 0 Å². The van der Waals surface area contributed by atoms with Gasteiger partial charge in [0.05, 0.1) is 27.6 Å². The summed E-state index contributed by atoms with van der Waals surface area (Å²) in [7, 11) is 0. The van der Waals surface area contributed by atoms with Crippen LogP contribution in [0.3, 0.4) is 0 Å². The fourth-order valence-electron chi connectivity index (χ4n) is 8.85. The second-order valence-electron chi connectivity index (χ2n) is 13.6. The fraction of sp³-hybridized carbons (Fsp3) is 0. The summed E-state index contributed by atoms with van der Waals surface area (Å²) in [5, 5.41) is 15.3. The first-order valence-electron chi connectivity index (χ1n) is 17.7. The van der Waals surface area contributed by atoms with E-state index in [0.717, 1.165) is 55.1 Å². The minimum Gasteiger partial charge on any atom is -0.456 e. The molecule has 4 nitrogen and oxygen atoms in total. The lowest BCUT2D eigenvalue weighted by Crippen LogP contribution is -2.04. The van der Waals surface area contributed by atoms with Crippen molar-refractivity contribution in [1.29, 1.82) is 0 Å². The standard InChI is InChI=1S/C48H27N3O/c1-2-14-28(15-3-1)45-37-26-27-40-42(36-23-11-13-25-39(36)52-40)46(37)50-48(49-45)51-38-24-12-10-22-35(38)44-43-32-19-7-5-17-30(32)29-16-4-6-18-31(29)41(43)33-20-8-9-21-34(33)47(44)51/h1-27H. The van der Waals surface area contributed by atoms with Crippen LogP contribution in [0.1, 0.15) is 0 Å². The van der Waals surface area contributed by atoms with Crippen molar-refractivity contribution in [3.05, 3.63) is 164 Å². The third kappa shape index (κ3) is 3.60. The number of aromatic nitrogens is 3. The third-order valence-corrected chi connectivity index (χ3v) is 11.0. The molecule has 52 heavy (non-hydrogen) atoms. The average molecular weight is 662 g/mol. The zero-order valence-electron chi connectivity index (χ0n) is 27.8. The van der Waals surface area contributed by atoms with Crippen molar-refractivity contribution >= 4 is 97.7 Å². The highest BCUT2D eigenvalue weighted by Crippen LogP contribution is 2.48. The van der Waals surface area contributed by atoms with Crippen molar-refractivity contribution < 1.29 is 4.42 Å². The van der Waals surface area contributed by atoms with Crippen LogP contribution in [-0.2, 0) is 0 Å². The van der Waals surface area contributed by atoms with Crippen LogP contribution in [-0.4, -0.2) is 14.5 Å². The van der Waals surface area contributed by atoms with E-state index in [9.17, 15) is 0 Å². The molecule has 9 aromatic carbocycles. The number of nitrogens with zero attached hydrogens (tertiary/aromatic N) is 3. The monoisotopic (exact) mass is 661 g/mol. The van der Waals surface area contributed by atoms with Gasteiger partial charge in [0.1, 0.15) is 11.2 Å². The summed E-state index contributed by atoms with van der Waals surface area (Å²) >= 11 is 0. The molecule has 0 fully saturated rings. The van der Waals surface area contributed by atoms with Gasteiger partial charge < -0.3 is 4.42 Å². The van der Waals surface area contributed by atoms with Gasteiger partial charge in [-0.25, -0.2) is 9.97 Å². The van der Waals surface area contributed by atoms with Gasteiger partial charge in [0, 0.05) is 37.9 Å². The lowest BCUT2D eigenvalue weighted by atomic mass is 9.88. The van der Waals surface area contributed by atoms with E-state index in [-0.39, 0.29) is 0 Å². The zero-order chi connectivity index (χ0) is 33.9. The second kappa shape index (κ2) is 10.3. The summed E-state index contributed by atoms with van der Waals surface area (Å²) in [6.45, 7) is 0. The van der Waals surface area contributed by atoms with E-state index >= 15 is 0 Å². The summed E-state index contributed by atoms with van der Waals surface area (Å²) in [5.74, 6) is 0.630. The molecular formula is C48H27N3O. The number of para-hydroxylation sites is 2. The molecule has 0 saturated carbocycles. The van der Waals surface area contributed by atoms with Gasteiger partial charge in [-0.1, -0.05) is 140 Å². The predicted molar refractivity (Wildman–Crippen MR) is 217 cm³/mol. The molecule has 240 valence electrons. The molecule has 12 rings (SSSR count). The largest absolute Gasteiger partial charge is 0.456 e. The first kappa shape index (κ1) is 27.7. The van der Waals surface area contributed by atoms with Gasteiger partial charge in [0.25, 0.3) is 0 Å². The Balaban J connectivity index is 1.35. The van der Waals surface area contributed by atoms with E-state index in [1.54, 1.807) is 0 Å². The van der Waals surface area contributed by atoms with Gasteiger partial charge in [0.15, 0.2) is 0 Å². The number of hydrogen-bond donors (Lipinski definition) is 0. The highest BCUT2D eigenvalue weighted by molar-refractivity contribution is 6.42. The van der Waals surface area contributed by atoms with Crippen LogP contribution in [0.25, 0.3) is 115 Å². The molecule has 12 aromatic rings. The van der Waals surface area contributed by atoms with E-state index in [1.807, 2.05) is 18.2 Å². The van der Waals surface area contributed by atoms with Crippen molar-refractivity contribution in [2.45, 2.75) is 0 Å². The van der Waals surface area contributed by atoms with Crippen LogP contribution >= 0.6 is 0 Å². The molecule has 3 heterocycles. The van der Waals surface area contributed by atoms with E-state index in [4.69, 9.17) is 14.4 Å². The minimum atomic E-state index is 0.630. The predicted octanol–water partition coefficient (Wildman–Crippen LogP) is 12.9. The maximum absolute atomic E-state index is 6.39. The van der Waals surface area contributed by atoms with Gasteiger partial charge in [-0.3, -0.25) is 4.57 Å². The molecule has 0 N–H and O–H groups in total. The van der Waals surface area contributed by atoms with E-state index < -0.39 is 0 Å². The Labute approximate surface area is 296 Å². The summed E-state index contributed by atoms with van der Waals surface area (Å²) < 4.78 is 8.70. The molecule has 0 atom stereocenters. The number of rotatable bonds is 2. The molecule has 0 spiro atoms. The fourth-order valence-corrected chi connectivity index (χ4v) is 8.85. The van der Waals surface area contributed by atoms with E-state index in [1.165, 1.54) is 53.9 Å². The van der Waals surface area contributed by atoms with Crippen molar-refractivity contribution in [1.82, 2.24) is 14.5 Å². The normalized spacial score (nSPS) is 12.2. The van der Waals surface area contributed by atoms with Gasteiger partial charge >= 0.3 is 0 Å². The van der Waals surface area contributed by atoms with Gasteiger partial charge in [-0.2, -0.15) is 0 Å². The highest BCUT2D eigenvalue weighted by atomic mass is 16.3. The Kier molecular flexibility index (Phi) is 5.47. The maximum Gasteiger partial charge on any atom is 0.235 e. The van der Waals surface area contributed by atoms with Crippen molar-refractivity contribution in [2.24, 2.45) is 0 Å². The molecule has 4 heteroatoms. The summed E-state index contributed by atoms with van der Waals surface area (Å²) in [4.78, 5) is 11.1. The van der Waals surface area contributed by atoms with Gasteiger partial charge in [-0.05, 0) is 56.6 Å². The number of furan rings is 1. The average Bonchev–Trinajstić information content (AvgIpc) is 3.77. The molecule has 0 saturated heterocycles. The Morgan fingerprint density at radius 1 is 0.365 bits per heavy atom. The molecule has 0 radical (unpaired) electrons. The maximum atomic E-state index is 6.39. The van der Waals surface area contributed by atoms with Gasteiger partial charge in [0.2, 0.25) is 5.95 Å². The Morgan fingerprint density at radius 2 is 0.942 bits per heavy atom. The first-order chi connectivity index (χ1) is 25.8. The Morgan fingerprint density at radius 3 is 1.69 bits per heavy atom. The molecule has 0 amide bonds. The number of benzene rings is 9. The van der Waals surface area contributed by atoms with Crippen LogP contribution in [0.2, 0.25) is 0 Å². The summed E-state index contributed by atoms with van der Waals surface area (Å²) in [6, 6.07) is 58.1. The quantitative estimate of drug-likeness (QED) is 0.173. The summed E-state index contributed by atoms with van der Waals surface area (Å²) in [6.07, 6.45) is 0. The number of hydrogen-bond acceptors (Lipinski definition) is 3. The first-order valence-corrected chi connectivity index (χ1v) is 17.7. The van der Waals surface area contributed by atoms with E-state index in [0.29, 0.717) is 5.95 Å². The molecule has 0 aliphatic rings. The van der Waals surface area contributed by atoms with E-state index in [2.05, 4.69) is 150 Å². The Bertz CT molecular complexity index is 3470. The number of fused-ring (bicyclic) bond motifs is 18. The van der Waals surface area contributed by atoms with Crippen molar-refractivity contribution in [2.75, 3.05) is 0 Å². The molecule has 3 aromatic heterocycles. The molecule has 0 unspecified atom stereocenters. The zero-order valence-corrected chi connectivity index (χ0v) is 27.8. The SMILES string of the molecule is c1ccc(-c2nc(-n3c4ccccc4c4c5c6ccccc6c6ccccc6c5c5ccccc5c43)nc3c2ccc2oc4ccccc4c23)cc1. The molecule has 0 aliphatic heterocycles. The lowest BCUT2D eigenvalue weighted by Gasteiger charge is -2.16. The second-order valence-corrected chi connectivity index (χ2v) is 13.6. The molecular weight excluding hydrogens is 635 g/mol. The summed E-state index contributed by atoms with van der Waals surface area (Å²) in [5.41, 5.74) is 6.63. The topological polar surface area (TPSA) is 43.9 Å². The van der Waals surface area contributed by atoms with Crippen LogP contribution in [0, 0.1) is 0 Å². The van der Waals surface area contributed by atoms with Crippen LogP contribution < -0.4 is 0 Å². The minimum absolute atomic E-state index is 0.630. The van der Waals surface area contributed by atoms with Crippen LogP contribution in [0.15, 0.2) is 168 Å². The van der Waals surface area contributed by atoms with Crippen LogP contribution in [0.4, 0.5) is 0 Å². The smallest absolute Gasteiger partial charge is 0.235 e.